The van der Waals surface area contributed by atoms with Crippen molar-refractivity contribution in [3.05, 3.63) is 48.0 Å². The Bertz CT molecular complexity index is 419. The van der Waals surface area contributed by atoms with Gasteiger partial charge in [-0.2, -0.15) is 0 Å². The summed E-state index contributed by atoms with van der Waals surface area (Å²) in [4.78, 5) is 11.2. The van der Waals surface area contributed by atoms with Crippen LogP contribution in [0.3, 0.4) is 0 Å². The zero-order valence-corrected chi connectivity index (χ0v) is 10.6. The Morgan fingerprint density at radius 3 is 2.72 bits per heavy atom. The minimum absolute atomic E-state index is 0.202. The van der Waals surface area contributed by atoms with Gasteiger partial charge in [0.05, 0.1) is 18.8 Å². The van der Waals surface area contributed by atoms with E-state index in [1.165, 1.54) is 5.56 Å². The number of carbonyl (C=O) groups excluding carboxylic acids is 1. The van der Waals surface area contributed by atoms with Crippen molar-refractivity contribution in [2.75, 3.05) is 6.61 Å². The summed E-state index contributed by atoms with van der Waals surface area (Å²) in [6.45, 7) is 5.58. The molecule has 0 bridgehead atoms. The average molecular weight is 246 g/mol. The van der Waals surface area contributed by atoms with Gasteiger partial charge in [0.1, 0.15) is 0 Å². The highest BCUT2D eigenvalue weighted by atomic mass is 16.5. The molecule has 1 saturated heterocycles. The van der Waals surface area contributed by atoms with E-state index < -0.39 is 0 Å². The maximum atomic E-state index is 11.2. The number of hydrogen-bond donors (Lipinski definition) is 0. The van der Waals surface area contributed by atoms with Gasteiger partial charge in [-0.05, 0) is 12.5 Å². The zero-order valence-electron chi connectivity index (χ0n) is 10.6. The smallest absolute Gasteiger partial charge is 0.333 e. The van der Waals surface area contributed by atoms with Crippen molar-refractivity contribution in [2.45, 2.75) is 32.0 Å². The fourth-order valence-corrected chi connectivity index (χ4v) is 1.93. The third-order valence-electron chi connectivity index (χ3n) is 3.03. The standard InChI is InChI=1S/C15H18O3/c1-11(2)15(16)17-9-8-13-10-14(18-13)12-6-4-3-5-7-12/h3-7,13-14H,1,8-10H2,2H3. The molecular formula is C15H18O3. The van der Waals surface area contributed by atoms with Crippen molar-refractivity contribution in [1.29, 1.82) is 0 Å². The molecule has 96 valence electrons. The van der Waals surface area contributed by atoms with Crippen LogP contribution in [-0.4, -0.2) is 18.7 Å². The Balaban J connectivity index is 1.65. The lowest BCUT2D eigenvalue weighted by atomic mass is 9.96. The number of benzene rings is 1. The summed E-state index contributed by atoms with van der Waals surface area (Å²) < 4.78 is 10.8. The van der Waals surface area contributed by atoms with E-state index in [-0.39, 0.29) is 18.2 Å². The highest BCUT2D eigenvalue weighted by Gasteiger charge is 2.30. The molecule has 2 rings (SSSR count). The van der Waals surface area contributed by atoms with Crippen LogP contribution in [0.4, 0.5) is 0 Å². The van der Waals surface area contributed by atoms with E-state index in [9.17, 15) is 4.79 Å². The highest BCUT2D eigenvalue weighted by molar-refractivity contribution is 5.86. The van der Waals surface area contributed by atoms with Gasteiger partial charge in [0.2, 0.25) is 0 Å². The summed E-state index contributed by atoms with van der Waals surface area (Å²) in [7, 11) is 0. The van der Waals surface area contributed by atoms with Crippen LogP contribution in [0.2, 0.25) is 0 Å². The second-order valence-corrected chi connectivity index (χ2v) is 4.60. The molecule has 1 aromatic rings. The summed E-state index contributed by atoms with van der Waals surface area (Å²) in [5.74, 6) is -0.325. The maximum absolute atomic E-state index is 11.2. The molecule has 1 aliphatic heterocycles. The first kappa shape index (κ1) is 12.8. The van der Waals surface area contributed by atoms with Crippen molar-refractivity contribution >= 4 is 5.97 Å². The zero-order chi connectivity index (χ0) is 13.0. The Kier molecular flexibility index (Phi) is 4.15. The Morgan fingerprint density at radius 2 is 2.11 bits per heavy atom. The van der Waals surface area contributed by atoms with Crippen molar-refractivity contribution in [3.63, 3.8) is 0 Å². The molecule has 18 heavy (non-hydrogen) atoms. The highest BCUT2D eigenvalue weighted by Crippen LogP contribution is 2.36. The molecule has 1 heterocycles. The fourth-order valence-electron chi connectivity index (χ4n) is 1.93. The van der Waals surface area contributed by atoms with E-state index in [0.717, 1.165) is 12.8 Å². The van der Waals surface area contributed by atoms with Crippen LogP contribution in [0, 0.1) is 0 Å². The maximum Gasteiger partial charge on any atom is 0.333 e. The van der Waals surface area contributed by atoms with Gasteiger partial charge in [0.25, 0.3) is 0 Å². The number of hydrogen-bond acceptors (Lipinski definition) is 3. The molecule has 0 radical (unpaired) electrons. The van der Waals surface area contributed by atoms with Crippen molar-refractivity contribution in [3.8, 4) is 0 Å². The summed E-state index contributed by atoms with van der Waals surface area (Å²) in [6.07, 6.45) is 2.15. The van der Waals surface area contributed by atoms with Crippen LogP contribution < -0.4 is 0 Å². The Morgan fingerprint density at radius 1 is 1.44 bits per heavy atom. The average Bonchev–Trinajstić information content (AvgIpc) is 2.32. The minimum atomic E-state index is -0.325. The van der Waals surface area contributed by atoms with E-state index in [4.69, 9.17) is 9.47 Å². The van der Waals surface area contributed by atoms with Gasteiger partial charge in [0, 0.05) is 18.4 Å². The van der Waals surface area contributed by atoms with Crippen molar-refractivity contribution in [2.24, 2.45) is 0 Å². The van der Waals surface area contributed by atoms with Crippen molar-refractivity contribution in [1.82, 2.24) is 0 Å². The summed E-state index contributed by atoms with van der Waals surface area (Å²) in [6, 6.07) is 10.2. The van der Waals surface area contributed by atoms with Gasteiger partial charge in [-0.3, -0.25) is 0 Å². The normalized spacial score (nSPS) is 22.1. The molecule has 1 aliphatic rings. The third-order valence-corrected chi connectivity index (χ3v) is 3.03. The van der Waals surface area contributed by atoms with Crippen LogP contribution in [0.1, 0.15) is 31.4 Å². The number of esters is 1. The van der Waals surface area contributed by atoms with Crippen LogP contribution >= 0.6 is 0 Å². The van der Waals surface area contributed by atoms with Crippen LogP contribution in [-0.2, 0) is 14.3 Å². The van der Waals surface area contributed by atoms with Gasteiger partial charge < -0.3 is 9.47 Å². The first-order valence-corrected chi connectivity index (χ1v) is 6.20. The van der Waals surface area contributed by atoms with Crippen LogP contribution in [0.25, 0.3) is 0 Å². The molecule has 2 atom stereocenters. The van der Waals surface area contributed by atoms with Crippen LogP contribution in [0.15, 0.2) is 42.5 Å². The van der Waals surface area contributed by atoms with Crippen LogP contribution in [0.5, 0.6) is 0 Å². The van der Waals surface area contributed by atoms with E-state index in [2.05, 4.69) is 18.7 Å². The molecular weight excluding hydrogens is 228 g/mol. The number of ether oxygens (including phenoxy) is 2. The lowest BCUT2D eigenvalue weighted by Crippen LogP contribution is -2.32. The second-order valence-electron chi connectivity index (χ2n) is 4.60. The molecule has 0 N–H and O–H groups in total. The lowest BCUT2D eigenvalue weighted by Gasteiger charge is -2.36. The molecule has 1 aromatic carbocycles. The molecule has 2 unspecified atom stereocenters. The molecule has 0 saturated carbocycles. The quantitative estimate of drug-likeness (QED) is 0.591. The molecule has 0 aliphatic carbocycles. The molecule has 1 fully saturated rings. The van der Waals surface area contributed by atoms with Crippen molar-refractivity contribution < 1.29 is 14.3 Å². The van der Waals surface area contributed by atoms with Gasteiger partial charge in [-0.1, -0.05) is 36.9 Å². The predicted octanol–water partition coefficient (Wildman–Crippen LogP) is 3.03. The molecule has 0 aromatic heterocycles. The van der Waals surface area contributed by atoms with Gasteiger partial charge in [-0.25, -0.2) is 4.79 Å². The molecule has 3 heteroatoms. The molecule has 3 nitrogen and oxygen atoms in total. The van der Waals surface area contributed by atoms with E-state index in [0.29, 0.717) is 12.2 Å². The lowest BCUT2D eigenvalue weighted by molar-refractivity contribution is -0.149. The second kappa shape index (κ2) is 5.83. The van der Waals surface area contributed by atoms with E-state index in [1.807, 2.05) is 18.2 Å². The minimum Gasteiger partial charge on any atom is -0.462 e. The monoisotopic (exact) mass is 246 g/mol. The largest absolute Gasteiger partial charge is 0.462 e. The number of rotatable bonds is 5. The first-order chi connectivity index (χ1) is 8.66. The summed E-state index contributed by atoms with van der Waals surface area (Å²) in [5, 5.41) is 0. The first-order valence-electron chi connectivity index (χ1n) is 6.20. The Labute approximate surface area is 107 Å². The predicted molar refractivity (Wildman–Crippen MR) is 69.1 cm³/mol. The van der Waals surface area contributed by atoms with Gasteiger partial charge >= 0.3 is 5.97 Å². The van der Waals surface area contributed by atoms with Gasteiger partial charge in [0.15, 0.2) is 0 Å². The van der Waals surface area contributed by atoms with Gasteiger partial charge in [-0.15, -0.1) is 0 Å². The number of carbonyl (C=O) groups is 1. The SMILES string of the molecule is C=C(C)C(=O)OCCC1CC(c2ccccc2)O1. The fraction of sp³-hybridized carbons (Fsp3) is 0.400. The van der Waals surface area contributed by atoms with E-state index >= 15 is 0 Å². The van der Waals surface area contributed by atoms with E-state index in [1.54, 1.807) is 6.92 Å². The summed E-state index contributed by atoms with van der Waals surface area (Å²) in [5.41, 5.74) is 1.65. The topological polar surface area (TPSA) is 35.5 Å². The third kappa shape index (κ3) is 3.20. The Hall–Kier alpha value is -1.61. The summed E-state index contributed by atoms with van der Waals surface area (Å²) >= 11 is 0. The molecule has 0 spiro atoms. The molecule has 0 amide bonds.